The van der Waals surface area contributed by atoms with Gasteiger partial charge in [0.15, 0.2) is 0 Å². The number of carbonyl (C=O) groups excluding carboxylic acids is 1. The molecule has 0 bridgehead atoms. The molecule has 3 N–H and O–H groups in total. The number of piperidine rings is 1. The van der Waals surface area contributed by atoms with Gasteiger partial charge in [-0.2, -0.15) is 0 Å². The molecule has 0 spiro atoms. The Morgan fingerprint density at radius 1 is 1.41 bits per heavy atom. The van der Waals surface area contributed by atoms with Gasteiger partial charge in [-0.05, 0) is 26.7 Å². The molecule has 1 rings (SSSR count). The SMILES string of the molecule is CC(C)N(CC(=O)O)C(=O)N1CCC(N)CC1. The van der Waals surface area contributed by atoms with Crippen molar-refractivity contribution in [2.75, 3.05) is 19.6 Å². The minimum atomic E-state index is -0.985. The molecule has 98 valence electrons. The largest absolute Gasteiger partial charge is 0.480 e. The molecule has 1 aliphatic heterocycles. The zero-order chi connectivity index (χ0) is 13.0. The van der Waals surface area contributed by atoms with E-state index in [9.17, 15) is 9.59 Å². The van der Waals surface area contributed by atoms with E-state index >= 15 is 0 Å². The number of carboxylic acid groups (broad SMARTS) is 1. The fourth-order valence-corrected chi connectivity index (χ4v) is 1.89. The Balaban J connectivity index is 2.61. The number of amides is 2. The second-order valence-corrected chi connectivity index (χ2v) is 4.72. The van der Waals surface area contributed by atoms with Gasteiger partial charge >= 0.3 is 12.0 Å². The summed E-state index contributed by atoms with van der Waals surface area (Å²) in [6.45, 7) is 4.61. The highest BCUT2D eigenvalue weighted by molar-refractivity contribution is 5.80. The predicted molar refractivity (Wildman–Crippen MR) is 63.7 cm³/mol. The van der Waals surface area contributed by atoms with Crippen LogP contribution in [-0.4, -0.2) is 58.6 Å². The number of rotatable bonds is 3. The van der Waals surface area contributed by atoms with Gasteiger partial charge < -0.3 is 20.6 Å². The highest BCUT2D eigenvalue weighted by Gasteiger charge is 2.27. The number of hydrogen-bond acceptors (Lipinski definition) is 3. The van der Waals surface area contributed by atoms with Crippen molar-refractivity contribution in [2.45, 2.75) is 38.8 Å². The molecule has 1 aliphatic rings. The van der Waals surface area contributed by atoms with Crippen LogP contribution < -0.4 is 5.73 Å². The Morgan fingerprint density at radius 3 is 2.35 bits per heavy atom. The molecular formula is C11H21N3O3. The third kappa shape index (κ3) is 3.89. The lowest BCUT2D eigenvalue weighted by Crippen LogP contribution is -2.52. The number of aliphatic carboxylic acids is 1. The van der Waals surface area contributed by atoms with Gasteiger partial charge in [0.05, 0.1) is 0 Å². The van der Waals surface area contributed by atoms with Crippen molar-refractivity contribution < 1.29 is 14.7 Å². The van der Waals surface area contributed by atoms with Crippen LogP contribution in [0.4, 0.5) is 4.79 Å². The van der Waals surface area contributed by atoms with Crippen LogP contribution in [0.3, 0.4) is 0 Å². The first-order chi connectivity index (χ1) is 7.91. The van der Waals surface area contributed by atoms with Gasteiger partial charge in [-0.15, -0.1) is 0 Å². The summed E-state index contributed by atoms with van der Waals surface area (Å²) in [6, 6.07) is -0.158. The lowest BCUT2D eigenvalue weighted by molar-refractivity contribution is -0.138. The number of urea groups is 1. The number of carbonyl (C=O) groups is 2. The van der Waals surface area contributed by atoms with Crippen molar-refractivity contribution in [1.82, 2.24) is 9.80 Å². The number of likely N-dealkylation sites (tertiary alicyclic amines) is 1. The van der Waals surface area contributed by atoms with Crippen molar-refractivity contribution in [3.8, 4) is 0 Å². The number of nitrogens with zero attached hydrogens (tertiary/aromatic N) is 2. The van der Waals surface area contributed by atoms with Gasteiger partial charge in [0.1, 0.15) is 6.54 Å². The molecule has 0 atom stereocenters. The quantitative estimate of drug-likeness (QED) is 0.747. The molecule has 0 aromatic carbocycles. The van der Waals surface area contributed by atoms with E-state index in [1.807, 2.05) is 13.8 Å². The predicted octanol–water partition coefficient (Wildman–Crippen LogP) is 0.325. The summed E-state index contributed by atoms with van der Waals surface area (Å²) >= 11 is 0. The molecule has 0 saturated carbocycles. The van der Waals surface area contributed by atoms with Crippen molar-refractivity contribution in [2.24, 2.45) is 5.73 Å². The summed E-state index contributed by atoms with van der Waals surface area (Å²) in [6.07, 6.45) is 1.56. The second-order valence-electron chi connectivity index (χ2n) is 4.72. The third-order valence-electron chi connectivity index (χ3n) is 2.98. The highest BCUT2D eigenvalue weighted by Crippen LogP contribution is 2.12. The van der Waals surface area contributed by atoms with Crippen LogP contribution in [0.1, 0.15) is 26.7 Å². The normalized spacial score (nSPS) is 17.3. The van der Waals surface area contributed by atoms with E-state index in [1.165, 1.54) is 4.90 Å². The summed E-state index contributed by atoms with van der Waals surface area (Å²) in [5, 5.41) is 8.79. The van der Waals surface area contributed by atoms with Gasteiger partial charge in [0.25, 0.3) is 0 Å². The molecule has 1 saturated heterocycles. The average Bonchev–Trinajstić information content (AvgIpc) is 2.25. The smallest absolute Gasteiger partial charge is 0.323 e. The van der Waals surface area contributed by atoms with E-state index in [-0.39, 0.29) is 24.7 Å². The molecule has 17 heavy (non-hydrogen) atoms. The first kappa shape index (κ1) is 13.8. The van der Waals surface area contributed by atoms with Crippen LogP contribution in [0.2, 0.25) is 0 Å². The molecule has 0 unspecified atom stereocenters. The van der Waals surface area contributed by atoms with Crippen LogP contribution in [0, 0.1) is 0 Å². The number of nitrogens with two attached hydrogens (primary N) is 1. The lowest BCUT2D eigenvalue weighted by Gasteiger charge is -2.35. The number of carboxylic acids is 1. The van der Waals surface area contributed by atoms with Crippen LogP contribution in [0.5, 0.6) is 0 Å². The highest BCUT2D eigenvalue weighted by atomic mass is 16.4. The van der Waals surface area contributed by atoms with Crippen LogP contribution in [0.25, 0.3) is 0 Å². The average molecular weight is 243 g/mol. The van der Waals surface area contributed by atoms with Crippen LogP contribution >= 0.6 is 0 Å². The Labute approximate surface area is 101 Å². The number of hydrogen-bond donors (Lipinski definition) is 2. The monoisotopic (exact) mass is 243 g/mol. The molecule has 1 heterocycles. The first-order valence-corrected chi connectivity index (χ1v) is 5.94. The maximum Gasteiger partial charge on any atom is 0.323 e. The van der Waals surface area contributed by atoms with E-state index in [2.05, 4.69) is 0 Å². The van der Waals surface area contributed by atoms with Crippen molar-refractivity contribution in [3.05, 3.63) is 0 Å². The fraction of sp³-hybridized carbons (Fsp3) is 0.818. The molecule has 2 amide bonds. The zero-order valence-electron chi connectivity index (χ0n) is 10.4. The molecular weight excluding hydrogens is 222 g/mol. The van der Waals surface area contributed by atoms with E-state index in [1.54, 1.807) is 4.90 Å². The van der Waals surface area contributed by atoms with E-state index < -0.39 is 5.97 Å². The van der Waals surface area contributed by atoms with Crippen molar-refractivity contribution in [1.29, 1.82) is 0 Å². The Hall–Kier alpha value is -1.30. The van der Waals surface area contributed by atoms with Crippen LogP contribution in [0.15, 0.2) is 0 Å². The summed E-state index contributed by atoms with van der Waals surface area (Å²) < 4.78 is 0. The molecule has 6 heteroatoms. The fourth-order valence-electron chi connectivity index (χ4n) is 1.89. The Morgan fingerprint density at radius 2 is 1.94 bits per heavy atom. The lowest BCUT2D eigenvalue weighted by atomic mass is 10.1. The minimum absolute atomic E-state index is 0.116. The van der Waals surface area contributed by atoms with Gasteiger partial charge in [0.2, 0.25) is 0 Å². The van der Waals surface area contributed by atoms with Gasteiger partial charge in [0, 0.05) is 25.2 Å². The molecule has 0 aromatic heterocycles. The maximum atomic E-state index is 12.1. The van der Waals surface area contributed by atoms with E-state index in [0.29, 0.717) is 13.1 Å². The molecule has 0 aliphatic carbocycles. The second kappa shape index (κ2) is 5.86. The van der Waals surface area contributed by atoms with Crippen molar-refractivity contribution >= 4 is 12.0 Å². The van der Waals surface area contributed by atoms with Gasteiger partial charge in [-0.1, -0.05) is 0 Å². The minimum Gasteiger partial charge on any atom is -0.480 e. The topological polar surface area (TPSA) is 86.9 Å². The van der Waals surface area contributed by atoms with Gasteiger partial charge in [-0.25, -0.2) is 4.79 Å². The van der Waals surface area contributed by atoms with Gasteiger partial charge in [-0.3, -0.25) is 4.79 Å². The van der Waals surface area contributed by atoms with Crippen LogP contribution in [-0.2, 0) is 4.79 Å². The third-order valence-corrected chi connectivity index (χ3v) is 2.98. The van der Waals surface area contributed by atoms with Crippen molar-refractivity contribution in [3.63, 3.8) is 0 Å². The molecule has 0 radical (unpaired) electrons. The summed E-state index contributed by atoms with van der Waals surface area (Å²) in [5.41, 5.74) is 5.77. The zero-order valence-corrected chi connectivity index (χ0v) is 10.4. The Kier molecular flexibility index (Phi) is 4.74. The molecule has 6 nitrogen and oxygen atoms in total. The summed E-state index contributed by atoms with van der Waals surface area (Å²) in [7, 11) is 0. The van der Waals surface area contributed by atoms with E-state index in [0.717, 1.165) is 12.8 Å². The van der Waals surface area contributed by atoms with E-state index in [4.69, 9.17) is 10.8 Å². The standard InChI is InChI=1S/C11H21N3O3/c1-8(2)14(7-10(15)16)11(17)13-5-3-9(12)4-6-13/h8-9H,3-7,12H2,1-2H3,(H,15,16). The summed E-state index contributed by atoms with van der Waals surface area (Å²) in [4.78, 5) is 25.9. The molecule has 0 aromatic rings. The molecule has 1 fully saturated rings. The summed E-state index contributed by atoms with van der Waals surface area (Å²) in [5.74, 6) is -0.985. The first-order valence-electron chi connectivity index (χ1n) is 5.94. The Bertz CT molecular complexity index is 286. The maximum absolute atomic E-state index is 12.1.